The lowest BCUT2D eigenvalue weighted by atomic mass is 9.90. The molecule has 2 aromatic rings. The standard InChI is InChI=1S/C25H29N3O5S/c1-5-34(32,33)28-13-12-18-14-19(8-11-21(18)28)22(29)15-27-23(30)25(4,26-24(27)31)20-9-6-17(7-10-20)16(2)3/h6-11,14,16H,5,12-13,15H2,1-4H3,(H,26,31). The van der Waals surface area contributed by atoms with Crippen molar-refractivity contribution in [2.45, 2.75) is 45.6 Å². The molecule has 8 nitrogen and oxygen atoms in total. The molecular formula is C25H29N3O5S. The van der Waals surface area contributed by atoms with E-state index in [0.29, 0.717) is 35.7 Å². The van der Waals surface area contributed by atoms with Crippen molar-refractivity contribution in [2.75, 3.05) is 23.1 Å². The van der Waals surface area contributed by atoms with Gasteiger partial charge in [-0.05, 0) is 61.1 Å². The highest BCUT2D eigenvalue weighted by molar-refractivity contribution is 7.92. The lowest BCUT2D eigenvalue weighted by molar-refractivity contribution is -0.130. The van der Waals surface area contributed by atoms with Crippen molar-refractivity contribution in [1.29, 1.82) is 0 Å². The zero-order valence-electron chi connectivity index (χ0n) is 19.8. The fourth-order valence-electron chi connectivity index (χ4n) is 4.46. The summed E-state index contributed by atoms with van der Waals surface area (Å²) < 4.78 is 25.9. The normalized spacial score (nSPS) is 20.1. The molecule has 0 saturated carbocycles. The third kappa shape index (κ3) is 3.98. The SMILES string of the molecule is CCS(=O)(=O)N1CCc2cc(C(=O)CN3C(=O)NC(C)(c4ccc(C(C)C)cc4)C3=O)ccc21. The fraction of sp³-hybridized carbons (Fsp3) is 0.400. The molecule has 0 bridgehead atoms. The lowest BCUT2D eigenvalue weighted by Gasteiger charge is -2.23. The van der Waals surface area contributed by atoms with E-state index >= 15 is 0 Å². The maximum Gasteiger partial charge on any atom is 0.325 e. The number of urea groups is 1. The molecule has 2 heterocycles. The van der Waals surface area contributed by atoms with Crippen LogP contribution in [-0.4, -0.2) is 49.9 Å². The summed E-state index contributed by atoms with van der Waals surface area (Å²) in [5, 5.41) is 2.73. The molecule has 0 aromatic heterocycles. The van der Waals surface area contributed by atoms with Crippen LogP contribution >= 0.6 is 0 Å². The first kappa shape index (κ1) is 23.9. The Morgan fingerprint density at radius 1 is 1.12 bits per heavy atom. The first-order valence-corrected chi connectivity index (χ1v) is 13.0. The Labute approximate surface area is 200 Å². The van der Waals surface area contributed by atoms with Crippen LogP contribution in [0.4, 0.5) is 10.5 Å². The number of hydrogen-bond acceptors (Lipinski definition) is 5. The van der Waals surface area contributed by atoms with Gasteiger partial charge in [-0.2, -0.15) is 0 Å². The second-order valence-corrected chi connectivity index (χ2v) is 11.4. The van der Waals surface area contributed by atoms with Gasteiger partial charge in [0.25, 0.3) is 5.91 Å². The molecule has 1 N–H and O–H groups in total. The van der Waals surface area contributed by atoms with Crippen LogP contribution in [0.1, 0.15) is 60.7 Å². The van der Waals surface area contributed by atoms with Gasteiger partial charge in [0.1, 0.15) is 5.54 Å². The number of amides is 3. The molecule has 2 aromatic carbocycles. The smallest absolute Gasteiger partial charge is 0.319 e. The highest BCUT2D eigenvalue weighted by atomic mass is 32.2. The number of ketones is 1. The number of nitrogens with one attached hydrogen (secondary N) is 1. The molecule has 0 spiro atoms. The van der Waals surface area contributed by atoms with Crippen LogP contribution in [0.25, 0.3) is 0 Å². The summed E-state index contributed by atoms with van der Waals surface area (Å²) >= 11 is 0. The number of rotatable bonds is 7. The van der Waals surface area contributed by atoms with E-state index in [1.165, 1.54) is 4.31 Å². The number of nitrogens with zero attached hydrogens (tertiary/aromatic N) is 2. The highest BCUT2D eigenvalue weighted by Gasteiger charge is 2.49. The number of hydrogen-bond donors (Lipinski definition) is 1. The van der Waals surface area contributed by atoms with Crippen LogP contribution in [0.15, 0.2) is 42.5 Å². The predicted molar refractivity (Wildman–Crippen MR) is 129 cm³/mol. The van der Waals surface area contributed by atoms with Crippen molar-refractivity contribution in [3.05, 3.63) is 64.7 Å². The molecule has 2 aliphatic rings. The number of Topliss-reactive ketones (excluding diaryl/α,β-unsaturated/α-hetero) is 1. The van der Waals surface area contributed by atoms with Crippen LogP contribution in [-0.2, 0) is 26.8 Å². The Hall–Kier alpha value is -3.20. The number of imide groups is 1. The summed E-state index contributed by atoms with van der Waals surface area (Å²) in [5.74, 6) is -0.531. The Balaban J connectivity index is 1.53. The highest BCUT2D eigenvalue weighted by Crippen LogP contribution is 2.33. The second kappa shape index (κ2) is 8.54. The third-order valence-corrected chi connectivity index (χ3v) is 8.47. The van der Waals surface area contributed by atoms with Gasteiger partial charge in [-0.15, -0.1) is 0 Å². The molecule has 1 unspecified atom stereocenters. The van der Waals surface area contributed by atoms with Crippen molar-refractivity contribution in [2.24, 2.45) is 0 Å². The molecule has 1 fully saturated rings. The number of carbonyl (C=O) groups is 3. The van der Waals surface area contributed by atoms with E-state index in [4.69, 9.17) is 0 Å². The van der Waals surface area contributed by atoms with Crippen LogP contribution in [0.5, 0.6) is 0 Å². The molecule has 1 saturated heterocycles. The topological polar surface area (TPSA) is 104 Å². The summed E-state index contributed by atoms with van der Waals surface area (Å²) in [5.41, 5.74) is 2.20. The Kier molecular flexibility index (Phi) is 6.01. The van der Waals surface area contributed by atoms with E-state index in [9.17, 15) is 22.8 Å². The van der Waals surface area contributed by atoms with Crippen molar-refractivity contribution in [1.82, 2.24) is 10.2 Å². The monoisotopic (exact) mass is 483 g/mol. The molecule has 9 heteroatoms. The predicted octanol–water partition coefficient (Wildman–Crippen LogP) is 3.17. The van der Waals surface area contributed by atoms with Crippen molar-refractivity contribution in [3.8, 4) is 0 Å². The van der Waals surface area contributed by atoms with Crippen LogP contribution < -0.4 is 9.62 Å². The zero-order chi connectivity index (χ0) is 24.8. The van der Waals surface area contributed by atoms with Crippen molar-refractivity contribution < 1.29 is 22.8 Å². The van der Waals surface area contributed by atoms with Crippen molar-refractivity contribution in [3.63, 3.8) is 0 Å². The molecule has 180 valence electrons. The molecular weight excluding hydrogens is 454 g/mol. The van der Waals surface area contributed by atoms with E-state index in [1.807, 2.05) is 24.3 Å². The van der Waals surface area contributed by atoms with E-state index < -0.39 is 27.5 Å². The number of carbonyl (C=O) groups excluding carboxylic acids is 3. The number of anilines is 1. The van der Waals surface area contributed by atoms with Gasteiger partial charge < -0.3 is 5.32 Å². The maximum absolute atomic E-state index is 13.2. The summed E-state index contributed by atoms with van der Waals surface area (Å²) in [6, 6.07) is 11.7. The minimum absolute atomic E-state index is 0.00172. The van der Waals surface area contributed by atoms with Gasteiger partial charge in [0.05, 0.1) is 18.0 Å². The molecule has 0 radical (unpaired) electrons. The van der Waals surface area contributed by atoms with E-state index in [2.05, 4.69) is 19.2 Å². The van der Waals surface area contributed by atoms with E-state index in [-0.39, 0.29) is 18.1 Å². The molecule has 34 heavy (non-hydrogen) atoms. The van der Waals surface area contributed by atoms with Gasteiger partial charge in [-0.1, -0.05) is 38.1 Å². The zero-order valence-corrected chi connectivity index (χ0v) is 20.6. The van der Waals surface area contributed by atoms with Crippen molar-refractivity contribution >= 4 is 33.4 Å². The maximum atomic E-state index is 13.2. The van der Waals surface area contributed by atoms with Gasteiger partial charge in [0.15, 0.2) is 5.78 Å². The number of sulfonamides is 1. The third-order valence-electron chi connectivity index (χ3n) is 6.69. The summed E-state index contributed by atoms with van der Waals surface area (Å²) in [7, 11) is -3.38. The first-order chi connectivity index (χ1) is 16.0. The fourth-order valence-corrected chi connectivity index (χ4v) is 5.62. The molecule has 4 rings (SSSR count). The second-order valence-electron chi connectivity index (χ2n) is 9.21. The average Bonchev–Trinajstić information content (AvgIpc) is 3.34. The average molecular weight is 484 g/mol. The van der Waals surface area contributed by atoms with Crippen LogP contribution in [0.3, 0.4) is 0 Å². The number of benzene rings is 2. The molecule has 2 aliphatic heterocycles. The van der Waals surface area contributed by atoms with Crippen LogP contribution in [0.2, 0.25) is 0 Å². The Morgan fingerprint density at radius 2 is 1.79 bits per heavy atom. The minimum atomic E-state index is -3.38. The lowest BCUT2D eigenvalue weighted by Crippen LogP contribution is -2.41. The van der Waals surface area contributed by atoms with E-state index in [0.717, 1.165) is 16.0 Å². The van der Waals surface area contributed by atoms with E-state index in [1.54, 1.807) is 32.0 Å². The molecule has 0 aliphatic carbocycles. The number of fused-ring (bicyclic) bond motifs is 1. The van der Waals surface area contributed by atoms with Crippen LogP contribution in [0, 0.1) is 0 Å². The quantitative estimate of drug-likeness (QED) is 0.481. The summed E-state index contributed by atoms with van der Waals surface area (Å²) in [6.07, 6.45) is 0.503. The van der Waals surface area contributed by atoms with Gasteiger partial charge in [0, 0.05) is 12.1 Å². The van der Waals surface area contributed by atoms with Gasteiger partial charge in [-0.3, -0.25) is 18.8 Å². The molecule has 3 amide bonds. The Morgan fingerprint density at radius 3 is 2.41 bits per heavy atom. The first-order valence-electron chi connectivity index (χ1n) is 11.4. The Bertz CT molecular complexity index is 1270. The summed E-state index contributed by atoms with van der Waals surface area (Å²) in [6.45, 7) is 7.33. The minimum Gasteiger partial charge on any atom is -0.319 e. The van der Waals surface area contributed by atoms with Gasteiger partial charge in [-0.25, -0.2) is 13.2 Å². The largest absolute Gasteiger partial charge is 0.325 e. The van der Waals surface area contributed by atoms with Gasteiger partial charge in [0.2, 0.25) is 10.0 Å². The van der Waals surface area contributed by atoms with Gasteiger partial charge >= 0.3 is 6.03 Å². The summed E-state index contributed by atoms with van der Waals surface area (Å²) in [4.78, 5) is 39.8. The molecule has 1 atom stereocenters.